The van der Waals surface area contributed by atoms with E-state index in [-0.39, 0.29) is 5.91 Å². The molecule has 88 valence electrons. The summed E-state index contributed by atoms with van der Waals surface area (Å²) in [5, 5.41) is 2.65. The molecule has 1 N–H and O–H groups in total. The van der Waals surface area contributed by atoms with Gasteiger partial charge >= 0.3 is 0 Å². The van der Waals surface area contributed by atoms with Crippen molar-refractivity contribution in [3.05, 3.63) is 44.6 Å². The van der Waals surface area contributed by atoms with Crippen molar-refractivity contribution in [2.24, 2.45) is 0 Å². The van der Waals surface area contributed by atoms with Crippen molar-refractivity contribution in [1.82, 2.24) is 4.98 Å². The Labute approximate surface area is 110 Å². The number of carbonyl (C=O) groups is 1. The van der Waals surface area contributed by atoms with Crippen LogP contribution in [0.4, 0.5) is 10.1 Å². The van der Waals surface area contributed by atoms with Crippen LogP contribution in [-0.2, 0) is 0 Å². The lowest BCUT2D eigenvalue weighted by Gasteiger charge is -2.01. The summed E-state index contributed by atoms with van der Waals surface area (Å²) in [7, 11) is 0. The molecule has 1 amide bonds. The summed E-state index contributed by atoms with van der Waals surface area (Å²) in [6.07, 6.45) is 1.28. The Morgan fingerprint density at radius 1 is 1.53 bits per heavy atom. The van der Waals surface area contributed by atoms with Gasteiger partial charge in [-0.25, -0.2) is 4.98 Å². The molecule has 2 aromatic heterocycles. The molecule has 0 fully saturated rings. The van der Waals surface area contributed by atoms with E-state index in [0.29, 0.717) is 10.6 Å². The molecular weight excluding hydrogens is 307 g/mol. The van der Waals surface area contributed by atoms with Crippen LogP contribution in [0.3, 0.4) is 0 Å². The average molecular weight is 315 g/mol. The molecule has 2 aromatic rings. The van der Waals surface area contributed by atoms with E-state index >= 15 is 0 Å². The fourth-order valence-corrected chi connectivity index (χ4v) is 2.64. The van der Waals surface area contributed by atoms with Gasteiger partial charge in [-0.3, -0.25) is 4.79 Å². The van der Waals surface area contributed by atoms with Gasteiger partial charge in [-0.15, -0.1) is 11.3 Å². The first-order valence-corrected chi connectivity index (χ1v) is 6.36. The average Bonchev–Trinajstić information content (AvgIpc) is 2.63. The summed E-state index contributed by atoms with van der Waals surface area (Å²) in [5.41, 5.74) is 1.48. The van der Waals surface area contributed by atoms with Gasteiger partial charge in [-0.1, -0.05) is 0 Å². The van der Waals surface area contributed by atoms with Gasteiger partial charge in [0.15, 0.2) is 0 Å². The highest BCUT2D eigenvalue weighted by atomic mass is 79.9. The third kappa shape index (κ3) is 2.89. The third-order valence-corrected chi connectivity index (χ3v) is 4.20. The van der Waals surface area contributed by atoms with E-state index in [4.69, 9.17) is 0 Å². The maximum Gasteiger partial charge on any atom is 0.265 e. The number of thiophene rings is 1. The van der Waals surface area contributed by atoms with Crippen LogP contribution in [0, 0.1) is 12.9 Å². The lowest BCUT2D eigenvalue weighted by atomic mass is 10.3. The zero-order chi connectivity index (χ0) is 12.4. The quantitative estimate of drug-likeness (QED) is 0.860. The van der Waals surface area contributed by atoms with Crippen LogP contribution < -0.4 is 5.32 Å². The van der Waals surface area contributed by atoms with Gasteiger partial charge in [0.05, 0.1) is 20.5 Å². The molecule has 6 heteroatoms. The number of hydrogen-bond acceptors (Lipinski definition) is 3. The first kappa shape index (κ1) is 12.2. The topological polar surface area (TPSA) is 42.0 Å². The van der Waals surface area contributed by atoms with Crippen LogP contribution in [0.15, 0.2) is 28.2 Å². The minimum Gasteiger partial charge on any atom is -0.320 e. The van der Waals surface area contributed by atoms with Crippen LogP contribution in [0.25, 0.3) is 0 Å². The number of pyridine rings is 1. The number of hydrogen-bond donors (Lipinski definition) is 1. The van der Waals surface area contributed by atoms with Crippen LogP contribution >= 0.6 is 27.3 Å². The summed E-state index contributed by atoms with van der Waals surface area (Å²) in [5.74, 6) is -0.796. The fraction of sp³-hybridized carbons (Fsp3) is 0.0909. The van der Waals surface area contributed by atoms with E-state index in [2.05, 4.69) is 26.2 Å². The molecule has 0 saturated carbocycles. The highest BCUT2D eigenvalue weighted by Crippen LogP contribution is 2.27. The molecule has 3 nitrogen and oxygen atoms in total. The van der Waals surface area contributed by atoms with Crippen LogP contribution in [-0.4, -0.2) is 10.9 Å². The van der Waals surface area contributed by atoms with Crippen molar-refractivity contribution in [1.29, 1.82) is 0 Å². The smallest absolute Gasteiger partial charge is 0.265 e. The maximum atomic E-state index is 12.6. The zero-order valence-corrected chi connectivity index (χ0v) is 11.2. The number of aromatic nitrogens is 1. The second kappa shape index (κ2) is 4.93. The van der Waals surface area contributed by atoms with Crippen molar-refractivity contribution < 1.29 is 9.18 Å². The predicted molar refractivity (Wildman–Crippen MR) is 68.9 cm³/mol. The third-order valence-electron chi connectivity index (χ3n) is 2.07. The SMILES string of the molecule is Cc1cc(C(=O)Nc2ccc(F)nc2)sc1Br. The molecule has 0 aliphatic heterocycles. The Bertz CT molecular complexity index is 534. The summed E-state index contributed by atoms with van der Waals surface area (Å²) in [4.78, 5) is 15.9. The van der Waals surface area contributed by atoms with Gasteiger partial charge in [-0.2, -0.15) is 4.39 Å². The normalized spacial score (nSPS) is 10.3. The van der Waals surface area contributed by atoms with Gasteiger partial charge in [-0.05, 0) is 46.6 Å². The lowest BCUT2D eigenvalue weighted by Crippen LogP contribution is -2.10. The molecule has 0 saturated heterocycles. The fourth-order valence-electron chi connectivity index (χ4n) is 1.21. The number of nitrogens with one attached hydrogen (secondary N) is 1. The second-order valence-corrected chi connectivity index (χ2v) is 5.76. The highest BCUT2D eigenvalue weighted by Gasteiger charge is 2.11. The molecule has 0 aliphatic rings. The Morgan fingerprint density at radius 3 is 2.82 bits per heavy atom. The molecule has 2 rings (SSSR count). The predicted octanol–water partition coefficient (Wildman–Crippen LogP) is 3.61. The van der Waals surface area contributed by atoms with E-state index in [1.807, 2.05) is 6.92 Å². The van der Waals surface area contributed by atoms with Gasteiger partial charge in [0.2, 0.25) is 5.95 Å². The van der Waals surface area contributed by atoms with Crippen molar-refractivity contribution in [3.63, 3.8) is 0 Å². The van der Waals surface area contributed by atoms with Crippen molar-refractivity contribution in [2.45, 2.75) is 6.92 Å². The molecule has 0 aromatic carbocycles. The minimum absolute atomic E-state index is 0.225. The number of carbonyl (C=O) groups excluding carboxylic acids is 1. The van der Waals surface area contributed by atoms with Gasteiger partial charge < -0.3 is 5.32 Å². The molecule has 0 unspecified atom stereocenters. The molecule has 0 spiro atoms. The first-order chi connectivity index (χ1) is 8.06. The van der Waals surface area contributed by atoms with Gasteiger partial charge in [0.25, 0.3) is 5.91 Å². The minimum atomic E-state index is -0.572. The number of nitrogens with zero attached hydrogens (tertiary/aromatic N) is 1. The Morgan fingerprint density at radius 2 is 2.29 bits per heavy atom. The number of amides is 1. The van der Waals surface area contributed by atoms with Crippen LogP contribution in [0.5, 0.6) is 0 Å². The van der Waals surface area contributed by atoms with Gasteiger partial charge in [0.1, 0.15) is 0 Å². The molecule has 0 atom stereocenters. The number of halogens is 2. The van der Waals surface area contributed by atoms with E-state index in [1.165, 1.54) is 29.7 Å². The number of aryl methyl sites for hydroxylation is 1. The Balaban J connectivity index is 2.14. The Hall–Kier alpha value is -1.27. The van der Waals surface area contributed by atoms with Crippen molar-refractivity contribution >= 4 is 38.9 Å². The van der Waals surface area contributed by atoms with E-state index in [0.717, 1.165) is 9.35 Å². The monoisotopic (exact) mass is 314 g/mol. The standard InChI is InChI=1S/C11H8BrFN2OS/c1-6-4-8(17-10(6)12)11(16)15-7-2-3-9(13)14-5-7/h2-5H,1H3,(H,15,16). The second-order valence-electron chi connectivity index (χ2n) is 3.39. The summed E-state index contributed by atoms with van der Waals surface area (Å²) < 4.78 is 13.5. The van der Waals surface area contributed by atoms with E-state index in [1.54, 1.807) is 6.07 Å². The largest absolute Gasteiger partial charge is 0.320 e. The van der Waals surface area contributed by atoms with E-state index in [9.17, 15) is 9.18 Å². The highest BCUT2D eigenvalue weighted by molar-refractivity contribution is 9.11. The molecule has 17 heavy (non-hydrogen) atoms. The zero-order valence-electron chi connectivity index (χ0n) is 8.83. The van der Waals surface area contributed by atoms with Crippen molar-refractivity contribution in [3.8, 4) is 0 Å². The van der Waals surface area contributed by atoms with Crippen LogP contribution in [0.1, 0.15) is 15.2 Å². The molecule has 0 aliphatic carbocycles. The maximum absolute atomic E-state index is 12.6. The summed E-state index contributed by atoms with van der Waals surface area (Å²) in [6.45, 7) is 1.91. The number of rotatable bonds is 2. The Kier molecular flexibility index (Phi) is 3.54. The lowest BCUT2D eigenvalue weighted by molar-refractivity contribution is 0.103. The summed E-state index contributed by atoms with van der Waals surface area (Å²) in [6, 6.07) is 4.46. The molecule has 0 bridgehead atoms. The number of anilines is 1. The van der Waals surface area contributed by atoms with Crippen LogP contribution in [0.2, 0.25) is 0 Å². The van der Waals surface area contributed by atoms with Gasteiger partial charge in [0, 0.05) is 0 Å². The summed E-state index contributed by atoms with van der Waals surface area (Å²) >= 11 is 4.71. The molecular formula is C11H8BrFN2OS. The molecule has 0 radical (unpaired) electrons. The first-order valence-electron chi connectivity index (χ1n) is 4.75. The molecule has 2 heterocycles. The van der Waals surface area contributed by atoms with Crippen molar-refractivity contribution in [2.75, 3.05) is 5.32 Å². The van der Waals surface area contributed by atoms with E-state index < -0.39 is 5.95 Å².